The summed E-state index contributed by atoms with van der Waals surface area (Å²) in [4.78, 5) is 4.54. The quantitative estimate of drug-likeness (QED) is 0.388. The smallest absolute Gasteiger partial charge is 0.195 e. The fourth-order valence-electron chi connectivity index (χ4n) is 4.09. The molecule has 0 fully saturated rings. The highest BCUT2D eigenvalue weighted by molar-refractivity contribution is 5.83. The minimum absolute atomic E-state index is 0.194. The number of hydrogen-bond donors (Lipinski definition) is 2. The lowest BCUT2D eigenvalue weighted by Crippen LogP contribution is -1.82. The summed E-state index contributed by atoms with van der Waals surface area (Å²) in [6, 6.07) is 18.6. The van der Waals surface area contributed by atoms with Gasteiger partial charge in [-0.1, -0.05) is 24.3 Å². The van der Waals surface area contributed by atoms with Gasteiger partial charge in [-0.25, -0.2) is 0 Å². The van der Waals surface area contributed by atoms with Crippen LogP contribution in [0.25, 0.3) is 46.6 Å². The molecule has 2 aliphatic rings. The van der Waals surface area contributed by atoms with Crippen LogP contribution in [0.15, 0.2) is 79.3 Å². The Balaban J connectivity index is 1.30. The minimum atomic E-state index is 0.194. The molecule has 0 amide bonds. The Hall–Kier alpha value is -4.91. The van der Waals surface area contributed by atoms with Crippen LogP contribution in [-0.4, -0.2) is 34.2 Å². The van der Waals surface area contributed by atoms with Gasteiger partial charge in [-0.05, 0) is 60.7 Å². The Bertz CT molecular complexity index is 1690. The van der Waals surface area contributed by atoms with Gasteiger partial charge in [-0.15, -0.1) is 10.2 Å². The normalized spacial score (nSPS) is 12.1. The molecule has 0 bridgehead atoms. The summed E-state index contributed by atoms with van der Waals surface area (Å²) in [5.41, 5.74) is 6.91. The van der Waals surface area contributed by atoms with Crippen molar-refractivity contribution >= 4 is 35.3 Å². The number of aromatic hydroxyl groups is 2. The molecule has 7 nitrogen and oxygen atoms in total. The third-order valence-electron chi connectivity index (χ3n) is 5.84. The van der Waals surface area contributed by atoms with E-state index in [4.69, 9.17) is 0 Å². The number of rotatable bonds is 4. The monoisotopic (exact) mass is 445 g/mol. The Labute approximate surface area is 194 Å². The first-order valence-electron chi connectivity index (χ1n) is 10.7. The van der Waals surface area contributed by atoms with Crippen LogP contribution in [-0.2, 0) is 0 Å². The van der Waals surface area contributed by atoms with Gasteiger partial charge in [0, 0.05) is 29.1 Å². The van der Waals surface area contributed by atoms with Crippen molar-refractivity contribution in [3.8, 4) is 23.0 Å². The Morgan fingerprint density at radius 3 is 1.97 bits per heavy atom. The van der Waals surface area contributed by atoms with E-state index in [1.54, 1.807) is 27.1 Å². The van der Waals surface area contributed by atoms with E-state index in [1.807, 2.05) is 85.2 Å². The van der Waals surface area contributed by atoms with Crippen molar-refractivity contribution in [1.29, 1.82) is 0 Å². The van der Waals surface area contributed by atoms with E-state index in [0.29, 0.717) is 5.69 Å². The highest BCUT2D eigenvalue weighted by atomic mass is 16.3. The summed E-state index contributed by atoms with van der Waals surface area (Å²) in [7, 11) is 0. The van der Waals surface area contributed by atoms with E-state index >= 15 is 0 Å². The van der Waals surface area contributed by atoms with Crippen molar-refractivity contribution < 1.29 is 10.2 Å². The van der Waals surface area contributed by atoms with Crippen molar-refractivity contribution in [1.82, 2.24) is 24.0 Å². The number of aromatic nitrogens is 5. The lowest BCUT2D eigenvalue weighted by molar-refractivity contribution is 0.446. The molecule has 4 aromatic rings. The van der Waals surface area contributed by atoms with Crippen LogP contribution >= 0.6 is 0 Å². The fraction of sp³-hybridized carbons (Fsp3) is 0. The molecular weight excluding hydrogens is 426 g/mol. The average Bonchev–Trinajstić information content (AvgIpc) is 3.52. The van der Waals surface area contributed by atoms with Crippen LogP contribution in [0.3, 0.4) is 0 Å². The highest BCUT2D eigenvalue weighted by Crippen LogP contribution is 2.26. The van der Waals surface area contributed by atoms with Crippen molar-refractivity contribution in [2.24, 2.45) is 0 Å². The van der Waals surface area contributed by atoms with Gasteiger partial charge >= 0.3 is 0 Å². The summed E-state index contributed by atoms with van der Waals surface area (Å²) in [5.74, 6) is 0.393. The molecule has 0 aromatic carbocycles. The minimum Gasteiger partial charge on any atom is -0.494 e. The van der Waals surface area contributed by atoms with Gasteiger partial charge in [-0.2, -0.15) is 0 Å². The summed E-state index contributed by atoms with van der Waals surface area (Å²) in [6.07, 6.45) is 13.2. The lowest BCUT2D eigenvalue weighted by Gasteiger charge is -1.98. The summed E-state index contributed by atoms with van der Waals surface area (Å²) < 4.78 is 3.46. The predicted molar refractivity (Wildman–Crippen MR) is 132 cm³/mol. The molecule has 6 rings (SSSR count). The second-order valence-corrected chi connectivity index (χ2v) is 7.89. The second kappa shape index (κ2) is 7.90. The predicted octanol–water partition coefficient (Wildman–Crippen LogP) is 5.23. The number of hydrogen-bond acceptors (Lipinski definition) is 5. The number of nitrogens with zero attached hydrogens (tertiary/aromatic N) is 5. The number of fused-ring (bicyclic) bond motifs is 3. The van der Waals surface area contributed by atoms with Gasteiger partial charge in [0.15, 0.2) is 11.8 Å². The van der Waals surface area contributed by atoms with Crippen LogP contribution in [0.5, 0.6) is 11.8 Å². The third-order valence-corrected chi connectivity index (χ3v) is 5.84. The van der Waals surface area contributed by atoms with Crippen LogP contribution in [0, 0.1) is 0 Å². The maximum Gasteiger partial charge on any atom is 0.195 e. The van der Waals surface area contributed by atoms with Crippen molar-refractivity contribution in [2.75, 3.05) is 0 Å². The van der Waals surface area contributed by atoms with Gasteiger partial charge in [0.2, 0.25) is 0 Å². The highest BCUT2D eigenvalue weighted by Gasteiger charge is 2.11. The Kier molecular flexibility index (Phi) is 4.59. The second-order valence-electron chi connectivity index (χ2n) is 7.89. The maximum absolute atomic E-state index is 9.99. The lowest BCUT2D eigenvalue weighted by atomic mass is 10.1. The first-order chi connectivity index (χ1) is 16.7. The molecular formula is C27H19N5O2. The molecule has 2 aliphatic heterocycles. The van der Waals surface area contributed by atoms with E-state index in [1.165, 1.54) is 0 Å². The maximum atomic E-state index is 9.99. The molecule has 0 spiro atoms. The SMILES string of the molecule is Oc1cccc2c(/C=C/c3ccc4c(/C=C/c5ccn6c(O)cccc56)nnc-4cn3)ccn12. The summed E-state index contributed by atoms with van der Waals surface area (Å²) in [6.45, 7) is 0. The molecule has 0 radical (unpaired) electrons. The molecule has 0 saturated heterocycles. The van der Waals surface area contributed by atoms with Crippen LogP contribution < -0.4 is 0 Å². The van der Waals surface area contributed by atoms with Gasteiger partial charge < -0.3 is 10.2 Å². The van der Waals surface area contributed by atoms with Crippen molar-refractivity contribution in [3.63, 3.8) is 0 Å². The van der Waals surface area contributed by atoms with Gasteiger partial charge in [0.1, 0.15) is 5.69 Å². The molecule has 6 heterocycles. The zero-order valence-electron chi connectivity index (χ0n) is 17.9. The molecule has 0 atom stereocenters. The molecule has 4 aromatic heterocycles. The van der Waals surface area contributed by atoms with E-state index in [0.717, 1.165) is 39.1 Å². The van der Waals surface area contributed by atoms with E-state index in [-0.39, 0.29) is 11.8 Å². The van der Waals surface area contributed by atoms with Crippen LogP contribution in [0.2, 0.25) is 0 Å². The zero-order valence-corrected chi connectivity index (χ0v) is 17.9. The Morgan fingerprint density at radius 1 is 0.647 bits per heavy atom. The third kappa shape index (κ3) is 3.36. The molecule has 34 heavy (non-hydrogen) atoms. The van der Waals surface area contributed by atoms with Crippen molar-refractivity contribution in [2.45, 2.75) is 0 Å². The standard InChI is InChI=1S/C27H19N5O2/c33-26-5-1-3-24-18(13-15-31(24)26)7-9-20-10-11-21-22(29-30-23(21)17-28-20)12-8-19-14-16-32-25(19)4-2-6-27(32)34/h1-17,33-34H/b9-7+,12-8+. The average molecular weight is 445 g/mol. The first-order valence-corrected chi connectivity index (χ1v) is 10.7. The van der Waals surface area contributed by atoms with Gasteiger partial charge in [-0.3, -0.25) is 13.8 Å². The summed E-state index contributed by atoms with van der Waals surface area (Å²) >= 11 is 0. The largest absolute Gasteiger partial charge is 0.494 e. The van der Waals surface area contributed by atoms with Crippen LogP contribution in [0.4, 0.5) is 0 Å². The van der Waals surface area contributed by atoms with Gasteiger partial charge in [0.25, 0.3) is 0 Å². The molecule has 2 N–H and O–H groups in total. The molecule has 0 saturated carbocycles. The molecule has 0 aliphatic carbocycles. The molecule has 164 valence electrons. The van der Waals surface area contributed by atoms with E-state index in [9.17, 15) is 10.2 Å². The van der Waals surface area contributed by atoms with E-state index in [2.05, 4.69) is 15.2 Å². The number of pyridine rings is 2. The van der Waals surface area contributed by atoms with E-state index < -0.39 is 0 Å². The molecule has 7 heteroatoms. The molecule has 0 unspecified atom stereocenters. The Morgan fingerprint density at radius 2 is 1.29 bits per heavy atom. The zero-order chi connectivity index (χ0) is 23.1. The van der Waals surface area contributed by atoms with Gasteiger partial charge in [0.05, 0.1) is 28.6 Å². The first kappa shape index (κ1) is 19.8. The van der Waals surface area contributed by atoms with Crippen LogP contribution in [0.1, 0.15) is 22.5 Å². The topological polar surface area (TPSA) is 88.0 Å². The fourth-order valence-corrected chi connectivity index (χ4v) is 4.09. The summed E-state index contributed by atoms with van der Waals surface area (Å²) in [5, 5.41) is 28.5. The van der Waals surface area contributed by atoms with Crippen molar-refractivity contribution in [3.05, 3.63) is 102 Å².